The number of hydrogen-bond acceptors (Lipinski definition) is 3. The first-order valence-corrected chi connectivity index (χ1v) is 6.00. The normalized spacial score (nSPS) is 10.4. The number of hydrogen-bond donors (Lipinski definition) is 1. The lowest BCUT2D eigenvalue weighted by Crippen LogP contribution is -2.07. The van der Waals surface area contributed by atoms with E-state index in [0.29, 0.717) is 12.2 Å². The Hall–Kier alpha value is -1.97. The Morgan fingerprint density at radius 2 is 1.89 bits per heavy atom. The molecule has 3 nitrogen and oxygen atoms in total. The van der Waals surface area contributed by atoms with Crippen molar-refractivity contribution in [2.75, 3.05) is 5.32 Å². The van der Waals surface area contributed by atoms with Gasteiger partial charge in [-0.05, 0) is 24.5 Å². The fourth-order valence-corrected chi connectivity index (χ4v) is 1.83. The summed E-state index contributed by atoms with van der Waals surface area (Å²) >= 11 is 0. The van der Waals surface area contributed by atoms with Crippen molar-refractivity contribution < 1.29 is 4.39 Å². The fraction of sp³-hybridized carbons (Fsp3) is 0.286. The van der Waals surface area contributed by atoms with Crippen molar-refractivity contribution in [1.82, 2.24) is 9.97 Å². The molecule has 0 bridgehead atoms. The summed E-state index contributed by atoms with van der Waals surface area (Å²) in [7, 11) is 0. The fourth-order valence-electron chi connectivity index (χ4n) is 1.83. The van der Waals surface area contributed by atoms with Gasteiger partial charge in [-0.3, -0.25) is 0 Å². The lowest BCUT2D eigenvalue weighted by molar-refractivity contribution is 0.604. The van der Waals surface area contributed by atoms with Crippen LogP contribution in [0.2, 0.25) is 0 Å². The van der Waals surface area contributed by atoms with Crippen LogP contribution in [0, 0.1) is 12.7 Å². The first-order valence-electron chi connectivity index (χ1n) is 6.00. The van der Waals surface area contributed by atoms with E-state index in [9.17, 15) is 4.39 Å². The van der Waals surface area contributed by atoms with Gasteiger partial charge >= 0.3 is 0 Å². The molecule has 0 atom stereocenters. The smallest absolute Gasteiger partial charge is 0.186 e. The number of aromatic nitrogens is 2. The van der Waals surface area contributed by atoms with E-state index in [4.69, 9.17) is 0 Å². The molecule has 94 valence electrons. The maximum atomic E-state index is 13.7. The Morgan fingerprint density at radius 3 is 2.61 bits per heavy atom. The number of nitrogens with zero attached hydrogens (tertiary/aromatic N) is 2. The van der Waals surface area contributed by atoms with E-state index < -0.39 is 0 Å². The molecule has 18 heavy (non-hydrogen) atoms. The van der Waals surface area contributed by atoms with E-state index in [-0.39, 0.29) is 11.6 Å². The zero-order valence-electron chi connectivity index (χ0n) is 10.6. The van der Waals surface area contributed by atoms with Crippen LogP contribution in [0.1, 0.15) is 23.7 Å². The van der Waals surface area contributed by atoms with Crippen molar-refractivity contribution in [2.24, 2.45) is 0 Å². The summed E-state index contributed by atoms with van der Waals surface area (Å²) in [4.78, 5) is 7.71. The van der Waals surface area contributed by atoms with E-state index in [2.05, 4.69) is 28.3 Å². The third kappa shape index (κ3) is 2.64. The third-order valence-corrected chi connectivity index (χ3v) is 2.91. The molecule has 0 spiro atoms. The van der Waals surface area contributed by atoms with Gasteiger partial charge in [-0.15, -0.1) is 0 Å². The largest absolute Gasteiger partial charge is 0.363 e. The standard InChI is InChI=1S/C14H16FN3/c1-3-11-6-4-5-7-12(11)8-16-14-13(15)10(2)17-9-18-14/h4-7,9H,3,8H2,1-2H3,(H,16,17,18). The number of nitrogens with one attached hydrogen (secondary N) is 1. The van der Waals surface area contributed by atoms with Gasteiger partial charge in [0.2, 0.25) is 0 Å². The number of rotatable bonds is 4. The molecule has 0 saturated carbocycles. The highest BCUT2D eigenvalue weighted by molar-refractivity contribution is 5.39. The molecule has 2 rings (SSSR count). The van der Waals surface area contributed by atoms with Gasteiger partial charge in [0.15, 0.2) is 11.6 Å². The van der Waals surface area contributed by atoms with Gasteiger partial charge < -0.3 is 5.32 Å². The Morgan fingerprint density at radius 1 is 1.17 bits per heavy atom. The van der Waals surface area contributed by atoms with E-state index >= 15 is 0 Å². The second-order valence-electron chi connectivity index (χ2n) is 4.10. The van der Waals surface area contributed by atoms with Crippen LogP contribution in [-0.2, 0) is 13.0 Å². The summed E-state index contributed by atoms with van der Waals surface area (Å²) in [6.45, 7) is 4.30. The summed E-state index contributed by atoms with van der Waals surface area (Å²) in [6, 6.07) is 8.12. The molecule has 1 aromatic heterocycles. The summed E-state index contributed by atoms with van der Waals surface area (Å²) < 4.78 is 13.7. The molecule has 0 aliphatic heterocycles. The topological polar surface area (TPSA) is 37.8 Å². The maximum absolute atomic E-state index is 13.7. The molecule has 1 aromatic carbocycles. The Bertz CT molecular complexity index is 540. The molecule has 0 fully saturated rings. The first-order chi connectivity index (χ1) is 8.72. The first kappa shape index (κ1) is 12.5. The van der Waals surface area contributed by atoms with Gasteiger partial charge in [0.05, 0.1) is 5.69 Å². The molecule has 0 amide bonds. The minimum Gasteiger partial charge on any atom is -0.363 e. The predicted molar refractivity (Wildman–Crippen MR) is 69.9 cm³/mol. The minimum absolute atomic E-state index is 0.258. The molecule has 0 radical (unpaired) electrons. The highest BCUT2D eigenvalue weighted by Crippen LogP contribution is 2.15. The van der Waals surface area contributed by atoms with Crippen molar-refractivity contribution in [2.45, 2.75) is 26.8 Å². The molecule has 1 N–H and O–H groups in total. The van der Waals surface area contributed by atoms with Crippen LogP contribution in [0.25, 0.3) is 0 Å². The molecule has 0 saturated heterocycles. The summed E-state index contributed by atoms with van der Waals surface area (Å²) in [5.74, 6) is -0.125. The summed E-state index contributed by atoms with van der Waals surface area (Å²) in [5, 5.41) is 3.02. The van der Waals surface area contributed by atoms with Gasteiger partial charge in [0.1, 0.15) is 6.33 Å². The quantitative estimate of drug-likeness (QED) is 0.899. The van der Waals surface area contributed by atoms with Crippen LogP contribution >= 0.6 is 0 Å². The van der Waals surface area contributed by atoms with Crippen LogP contribution < -0.4 is 5.32 Å². The molecular weight excluding hydrogens is 229 g/mol. The van der Waals surface area contributed by atoms with E-state index in [1.54, 1.807) is 6.92 Å². The van der Waals surface area contributed by atoms with Crippen molar-refractivity contribution in [1.29, 1.82) is 0 Å². The second kappa shape index (κ2) is 5.58. The SMILES string of the molecule is CCc1ccccc1CNc1ncnc(C)c1F. The lowest BCUT2D eigenvalue weighted by Gasteiger charge is -2.10. The Balaban J connectivity index is 2.14. The average Bonchev–Trinajstić information content (AvgIpc) is 2.41. The van der Waals surface area contributed by atoms with E-state index in [0.717, 1.165) is 12.0 Å². The highest BCUT2D eigenvalue weighted by Gasteiger charge is 2.07. The number of benzene rings is 1. The summed E-state index contributed by atoms with van der Waals surface area (Å²) in [6.07, 6.45) is 2.33. The van der Waals surface area contributed by atoms with Gasteiger partial charge in [-0.1, -0.05) is 31.2 Å². The van der Waals surface area contributed by atoms with Crippen LogP contribution in [0.15, 0.2) is 30.6 Å². The van der Waals surface area contributed by atoms with Gasteiger partial charge in [0.25, 0.3) is 0 Å². The van der Waals surface area contributed by atoms with E-state index in [1.807, 2.05) is 18.2 Å². The zero-order valence-corrected chi connectivity index (χ0v) is 10.6. The molecule has 4 heteroatoms. The zero-order chi connectivity index (χ0) is 13.0. The molecular formula is C14H16FN3. The van der Waals surface area contributed by atoms with Gasteiger partial charge in [-0.25, -0.2) is 14.4 Å². The molecule has 2 aromatic rings. The molecule has 0 aliphatic carbocycles. The molecule has 0 unspecified atom stereocenters. The average molecular weight is 245 g/mol. The van der Waals surface area contributed by atoms with Crippen molar-refractivity contribution >= 4 is 5.82 Å². The number of aryl methyl sites for hydroxylation is 2. The number of anilines is 1. The lowest BCUT2D eigenvalue weighted by atomic mass is 10.1. The van der Waals surface area contributed by atoms with E-state index in [1.165, 1.54) is 11.9 Å². The van der Waals surface area contributed by atoms with Crippen LogP contribution in [-0.4, -0.2) is 9.97 Å². The monoisotopic (exact) mass is 245 g/mol. The molecule has 0 aliphatic rings. The van der Waals surface area contributed by atoms with Crippen molar-refractivity contribution in [3.05, 3.63) is 53.2 Å². The van der Waals surface area contributed by atoms with Crippen LogP contribution in [0.5, 0.6) is 0 Å². The van der Waals surface area contributed by atoms with Gasteiger partial charge in [0, 0.05) is 6.54 Å². The third-order valence-electron chi connectivity index (χ3n) is 2.91. The minimum atomic E-state index is -0.383. The second-order valence-corrected chi connectivity index (χ2v) is 4.10. The maximum Gasteiger partial charge on any atom is 0.186 e. The highest BCUT2D eigenvalue weighted by atomic mass is 19.1. The number of halogens is 1. The molecule has 1 heterocycles. The Labute approximate surface area is 106 Å². The summed E-state index contributed by atoms with van der Waals surface area (Å²) in [5.41, 5.74) is 2.78. The van der Waals surface area contributed by atoms with Crippen molar-refractivity contribution in [3.8, 4) is 0 Å². The van der Waals surface area contributed by atoms with Gasteiger partial charge in [-0.2, -0.15) is 0 Å². The predicted octanol–water partition coefficient (Wildman–Crippen LogP) is 3.10. The Kier molecular flexibility index (Phi) is 3.87. The van der Waals surface area contributed by atoms with Crippen molar-refractivity contribution in [3.63, 3.8) is 0 Å². The van der Waals surface area contributed by atoms with Crippen LogP contribution in [0.4, 0.5) is 10.2 Å². The van der Waals surface area contributed by atoms with Crippen LogP contribution in [0.3, 0.4) is 0 Å².